The molecule has 1 fully saturated rings. The number of rotatable bonds is 6. The molecule has 0 aromatic heterocycles. The van der Waals surface area contributed by atoms with Crippen LogP contribution in [0.3, 0.4) is 0 Å². The Kier molecular flexibility index (Phi) is 6.61. The van der Waals surface area contributed by atoms with Gasteiger partial charge in [0.15, 0.2) is 0 Å². The third-order valence-electron chi connectivity index (χ3n) is 6.04. The van der Waals surface area contributed by atoms with E-state index in [-0.39, 0.29) is 12.4 Å². The number of fused-ring (bicyclic) bond motifs is 3. The highest BCUT2D eigenvalue weighted by Crippen LogP contribution is 2.47. The van der Waals surface area contributed by atoms with E-state index in [9.17, 15) is 0 Å². The van der Waals surface area contributed by atoms with Gasteiger partial charge in [-0.3, -0.25) is 0 Å². The van der Waals surface area contributed by atoms with Gasteiger partial charge in [0.25, 0.3) is 0 Å². The smallest absolute Gasteiger partial charge is 0.123 e. The number of halogens is 1. The Balaban J connectivity index is 0.00000196. The summed E-state index contributed by atoms with van der Waals surface area (Å²) < 4.78 is 6.16. The van der Waals surface area contributed by atoms with Gasteiger partial charge in [0.1, 0.15) is 11.9 Å². The zero-order valence-corrected chi connectivity index (χ0v) is 16.5. The zero-order chi connectivity index (χ0) is 17.1. The average molecular weight is 372 g/mol. The number of ether oxygens (including phenoxy) is 1. The summed E-state index contributed by atoms with van der Waals surface area (Å²) in [6.07, 6.45) is 6.74. The van der Waals surface area contributed by atoms with Gasteiger partial charge < -0.3 is 9.64 Å². The number of hydrogen-bond acceptors (Lipinski definition) is 2. The molecule has 3 atom stereocenters. The van der Waals surface area contributed by atoms with Gasteiger partial charge in [-0.1, -0.05) is 48.5 Å². The van der Waals surface area contributed by atoms with Gasteiger partial charge in [0, 0.05) is 18.0 Å². The van der Waals surface area contributed by atoms with Crippen molar-refractivity contribution in [2.75, 3.05) is 20.1 Å². The molecule has 1 unspecified atom stereocenters. The lowest BCUT2D eigenvalue weighted by Crippen LogP contribution is -2.30. The summed E-state index contributed by atoms with van der Waals surface area (Å²) in [6, 6.07) is 19.5. The Morgan fingerprint density at radius 1 is 0.962 bits per heavy atom. The minimum atomic E-state index is 0. The first-order valence-corrected chi connectivity index (χ1v) is 9.77. The fourth-order valence-electron chi connectivity index (χ4n) is 4.50. The number of nitrogens with zero attached hydrogens (tertiary/aromatic N) is 1. The largest absolute Gasteiger partial charge is 0.489 e. The average Bonchev–Trinajstić information content (AvgIpc) is 3.03. The van der Waals surface area contributed by atoms with Crippen LogP contribution in [-0.2, 0) is 6.42 Å². The third kappa shape index (κ3) is 4.42. The van der Waals surface area contributed by atoms with Gasteiger partial charge >= 0.3 is 0 Å². The third-order valence-corrected chi connectivity index (χ3v) is 6.04. The monoisotopic (exact) mass is 371 g/mol. The van der Waals surface area contributed by atoms with Gasteiger partial charge in [-0.2, -0.15) is 0 Å². The van der Waals surface area contributed by atoms with Crippen LogP contribution in [0.5, 0.6) is 5.75 Å². The van der Waals surface area contributed by atoms with Crippen LogP contribution in [0.15, 0.2) is 54.6 Å². The standard InChI is InChI=1S/C23H29NO.ClH/c1-24(15-13-18-7-3-2-4-8-18)16-14-19-11-12-23-21(17-19)20-9-5-6-10-22(20)25-23;/h2-10,19,21,23H,11-17H2,1H3;1H/t19?,21-,23-;/m1./s1. The summed E-state index contributed by atoms with van der Waals surface area (Å²) in [6.45, 7) is 2.35. The molecule has 0 N–H and O–H groups in total. The van der Waals surface area contributed by atoms with Crippen molar-refractivity contribution in [1.82, 2.24) is 4.90 Å². The molecule has 1 saturated carbocycles. The van der Waals surface area contributed by atoms with Crippen LogP contribution >= 0.6 is 12.4 Å². The van der Waals surface area contributed by atoms with E-state index < -0.39 is 0 Å². The normalized spacial score (nSPS) is 23.7. The summed E-state index contributed by atoms with van der Waals surface area (Å²) in [4.78, 5) is 2.50. The first-order chi connectivity index (χ1) is 12.3. The first-order valence-electron chi connectivity index (χ1n) is 9.77. The molecule has 140 valence electrons. The summed E-state index contributed by atoms with van der Waals surface area (Å²) in [5, 5.41) is 0. The van der Waals surface area contributed by atoms with Gasteiger partial charge in [-0.05, 0) is 63.2 Å². The molecule has 1 aliphatic heterocycles. The van der Waals surface area contributed by atoms with Crippen molar-refractivity contribution in [3.8, 4) is 5.75 Å². The number of hydrogen-bond donors (Lipinski definition) is 0. The van der Waals surface area contributed by atoms with E-state index in [0.717, 1.165) is 24.6 Å². The number of likely N-dealkylation sites (N-methyl/N-ethyl adjacent to an activating group) is 1. The lowest BCUT2D eigenvalue weighted by atomic mass is 9.76. The molecule has 3 heteroatoms. The molecule has 0 bridgehead atoms. The molecule has 1 heterocycles. The molecule has 0 spiro atoms. The van der Waals surface area contributed by atoms with Crippen molar-refractivity contribution >= 4 is 12.4 Å². The van der Waals surface area contributed by atoms with Crippen LogP contribution in [0.4, 0.5) is 0 Å². The lowest BCUT2D eigenvalue weighted by molar-refractivity contribution is 0.129. The molecular formula is C23H30ClNO. The Bertz CT molecular complexity index is 690. The summed E-state index contributed by atoms with van der Waals surface area (Å²) in [5.41, 5.74) is 2.89. The van der Waals surface area contributed by atoms with Crippen LogP contribution < -0.4 is 4.74 Å². The highest BCUT2D eigenvalue weighted by atomic mass is 35.5. The second-order valence-corrected chi connectivity index (χ2v) is 7.81. The quantitative estimate of drug-likeness (QED) is 0.681. The van der Waals surface area contributed by atoms with Crippen LogP contribution in [0.1, 0.15) is 42.7 Å². The van der Waals surface area contributed by atoms with Crippen molar-refractivity contribution in [1.29, 1.82) is 0 Å². The summed E-state index contributed by atoms with van der Waals surface area (Å²) >= 11 is 0. The van der Waals surface area contributed by atoms with Crippen molar-refractivity contribution in [3.05, 3.63) is 65.7 Å². The molecule has 2 aliphatic rings. The minimum absolute atomic E-state index is 0. The predicted octanol–water partition coefficient (Wildman–Crippen LogP) is 5.32. The van der Waals surface area contributed by atoms with E-state index >= 15 is 0 Å². The van der Waals surface area contributed by atoms with Gasteiger partial charge in [0.2, 0.25) is 0 Å². The van der Waals surface area contributed by atoms with Crippen molar-refractivity contribution in [2.24, 2.45) is 5.92 Å². The molecule has 2 nitrogen and oxygen atoms in total. The number of benzene rings is 2. The predicted molar refractivity (Wildman–Crippen MR) is 110 cm³/mol. The Labute approximate surface area is 164 Å². The molecule has 0 radical (unpaired) electrons. The van der Waals surface area contributed by atoms with Crippen LogP contribution in [0.25, 0.3) is 0 Å². The van der Waals surface area contributed by atoms with Crippen LogP contribution in [0.2, 0.25) is 0 Å². The lowest BCUT2D eigenvalue weighted by Gasteiger charge is -2.32. The molecular weight excluding hydrogens is 342 g/mol. The SMILES string of the molecule is CN(CCc1ccccc1)CCC1CC[C@H]2Oc3ccccc3[C@H]2C1.Cl. The number of para-hydroxylation sites is 1. The van der Waals surface area contributed by atoms with Crippen LogP contribution in [-0.4, -0.2) is 31.1 Å². The maximum absolute atomic E-state index is 6.16. The molecule has 2 aromatic carbocycles. The maximum Gasteiger partial charge on any atom is 0.123 e. The Hall–Kier alpha value is -1.51. The maximum atomic E-state index is 6.16. The van der Waals surface area contributed by atoms with Crippen molar-refractivity contribution in [3.63, 3.8) is 0 Å². The van der Waals surface area contributed by atoms with E-state index in [1.54, 1.807) is 0 Å². The van der Waals surface area contributed by atoms with E-state index in [1.165, 1.54) is 43.4 Å². The Morgan fingerprint density at radius 2 is 1.73 bits per heavy atom. The summed E-state index contributed by atoms with van der Waals surface area (Å²) in [5.74, 6) is 2.61. The van der Waals surface area contributed by atoms with Crippen molar-refractivity contribution in [2.45, 2.75) is 44.1 Å². The Morgan fingerprint density at radius 3 is 2.58 bits per heavy atom. The fraction of sp³-hybridized carbons (Fsp3) is 0.478. The van der Waals surface area contributed by atoms with Gasteiger partial charge in [0.05, 0.1) is 0 Å². The van der Waals surface area contributed by atoms with E-state index in [1.807, 2.05) is 0 Å². The molecule has 0 saturated heterocycles. The first kappa shape index (κ1) is 19.3. The molecule has 2 aromatic rings. The van der Waals surface area contributed by atoms with Crippen LogP contribution in [0, 0.1) is 5.92 Å². The second kappa shape index (κ2) is 8.92. The molecule has 0 amide bonds. The van der Waals surface area contributed by atoms with E-state index in [2.05, 4.69) is 66.5 Å². The zero-order valence-electron chi connectivity index (χ0n) is 15.6. The van der Waals surface area contributed by atoms with Gasteiger partial charge in [-0.15, -0.1) is 12.4 Å². The molecule has 4 rings (SSSR count). The topological polar surface area (TPSA) is 12.5 Å². The second-order valence-electron chi connectivity index (χ2n) is 7.81. The highest BCUT2D eigenvalue weighted by molar-refractivity contribution is 5.85. The van der Waals surface area contributed by atoms with Crippen molar-refractivity contribution < 1.29 is 4.74 Å². The summed E-state index contributed by atoms with van der Waals surface area (Å²) in [7, 11) is 2.27. The minimum Gasteiger partial charge on any atom is -0.489 e. The molecule has 26 heavy (non-hydrogen) atoms. The fourth-order valence-corrected chi connectivity index (χ4v) is 4.50. The molecule has 1 aliphatic carbocycles. The van der Waals surface area contributed by atoms with E-state index in [4.69, 9.17) is 4.74 Å². The highest BCUT2D eigenvalue weighted by Gasteiger charge is 2.38. The van der Waals surface area contributed by atoms with E-state index in [0.29, 0.717) is 12.0 Å². The van der Waals surface area contributed by atoms with Gasteiger partial charge in [-0.25, -0.2) is 0 Å².